The van der Waals surface area contributed by atoms with E-state index in [0.29, 0.717) is 17.6 Å². The molecule has 0 radical (unpaired) electrons. The number of nitrogens with two attached hydrogens (primary N) is 1. The molecular weight excluding hydrogens is 144 g/mol. The number of thiocarbonyl (C=S) groups is 1. The van der Waals surface area contributed by atoms with Crippen LogP contribution < -0.4 is 11.1 Å². The predicted molar refractivity (Wildman–Crippen MR) is 47.0 cm³/mol. The van der Waals surface area contributed by atoms with Gasteiger partial charge in [-0.2, -0.15) is 0 Å². The molecule has 0 spiro atoms. The molecule has 0 aromatic heterocycles. The van der Waals surface area contributed by atoms with Gasteiger partial charge >= 0.3 is 0 Å². The lowest BCUT2D eigenvalue weighted by Gasteiger charge is -2.09. The summed E-state index contributed by atoms with van der Waals surface area (Å²) in [6, 6.07) is 0.682. The van der Waals surface area contributed by atoms with E-state index in [1.54, 1.807) is 0 Å². The molecule has 1 fully saturated rings. The van der Waals surface area contributed by atoms with E-state index in [9.17, 15) is 0 Å². The summed E-state index contributed by atoms with van der Waals surface area (Å²) in [7, 11) is 0. The fourth-order valence-corrected chi connectivity index (χ4v) is 1.46. The van der Waals surface area contributed by atoms with Crippen molar-refractivity contribution in [1.82, 2.24) is 5.32 Å². The number of hydrogen-bond donors (Lipinski definition) is 2. The highest BCUT2D eigenvalue weighted by molar-refractivity contribution is 7.80. The van der Waals surface area contributed by atoms with Gasteiger partial charge in [-0.15, -0.1) is 0 Å². The van der Waals surface area contributed by atoms with Gasteiger partial charge in [0.25, 0.3) is 0 Å². The molecule has 58 valence electrons. The largest absolute Gasteiger partial charge is 0.392 e. The van der Waals surface area contributed by atoms with Crippen molar-refractivity contribution < 1.29 is 0 Å². The Balaban J connectivity index is 2.07. The van der Waals surface area contributed by atoms with E-state index in [4.69, 9.17) is 18.0 Å². The molecule has 3 N–H and O–H groups in total. The Morgan fingerprint density at radius 3 is 2.60 bits per heavy atom. The van der Waals surface area contributed by atoms with Crippen LogP contribution in [0.25, 0.3) is 0 Å². The topological polar surface area (TPSA) is 38.0 Å². The summed E-state index contributed by atoms with van der Waals surface area (Å²) < 4.78 is 0. The second kappa shape index (κ2) is 3.88. The summed E-state index contributed by atoms with van der Waals surface area (Å²) in [6.07, 6.45) is 5.30. The van der Waals surface area contributed by atoms with Crippen molar-refractivity contribution in [3.05, 3.63) is 0 Å². The Kier molecular flexibility index (Phi) is 3.09. The summed E-state index contributed by atoms with van der Waals surface area (Å²) in [4.78, 5) is 0.576. The average molecular weight is 158 g/mol. The van der Waals surface area contributed by atoms with Crippen molar-refractivity contribution in [3.63, 3.8) is 0 Å². The molecular formula is C7H14N2S. The zero-order chi connectivity index (χ0) is 7.40. The van der Waals surface area contributed by atoms with E-state index in [1.807, 2.05) is 0 Å². The van der Waals surface area contributed by atoms with Crippen molar-refractivity contribution in [1.29, 1.82) is 0 Å². The van der Waals surface area contributed by atoms with E-state index < -0.39 is 0 Å². The van der Waals surface area contributed by atoms with Gasteiger partial charge in [0.2, 0.25) is 0 Å². The smallest absolute Gasteiger partial charge is 0.0867 e. The summed E-state index contributed by atoms with van der Waals surface area (Å²) in [5.41, 5.74) is 5.34. The standard InChI is InChI=1S/C7H14N2S/c8-7(10)5-9-6-3-1-2-4-6/h6,9H,1-5H2,(H2,8,10). The number of nitrogens with one attached hydrogen (secondary N) is 1. The minimum absolute atomic E-state index is 0.576. The highest BCUT2D eigenvalue weighted by atomic mass is 32.1. The molecule has 0 saturated heterocycles. The first-order chi connectivity index (χ1) is 4.79. The van der Waals surface area contributed by atoms with Gasteiger partial charge in [-0.25, -0.2) is 0 Å². The molecule has 0 heterocycles. The SMILES string of the molecule is NC(=S)CNC1CCCC1. The van der Waals surface area contributed by atoms with Crippen molar-refractivity contribution in [2.45, 2.75) is 31.7 Å². The molecule has 10 heavy (non-hydrogen) atoms. The summed E-state index contributed by atoms with van der Waals surface area (Å²) in [6.45, 7) is 0.708. The average Bonchev–Trinajstić information content (AvgIpc) is 2.34. The first kappa shape index (κ1) is 7.95. The summed E-state index contributed by atoms with van der Waals surface area (Å²) >= 11 is 4.75. The van der Waals surface area contributed by atoms with Crippen LogP contribution in [0.2, 0.25) is 0 Å². The van der Waals surface area contributed by atoms with E-state index in [2.05, 4.69) is 5.32 Å². The lowest BCUT2D eigenvalue weighted by Crippen LogP contribution is -2.33. The van der Waals surface area contributed by atoms with Gasteiger partial charge < -0.3 is 11.1 Å². The highest BCUT2D eigenvalue weighted by Gasteiger charge is 2.13. The molecule has 0 aromatic rings. The van der Waals surface area contributed by atoms with Crippen LogP contribution in [0, 0.1) is 0 Å². The van der Waals surface area contributed by atoms with Crippen LogP contribution in [0.5, 0.6) is 0 Å². The van der Waals surface area contributed by atoms with Crippen LogP contribution in [0.4, 0.5) is 0 Å². The Hall–Kier alpha value is -0.150. The van der Waals surface area contributed by atoms with E-state index in [-0.39, 0.29) is 0 Å². The second-order valence-electron chi connectivity index (χ2n) is 2.83. The number of rotatable bonds is 3. The van der Waals surface area contributed by atoms with E-state index in [1.165, 1.54) is 25.7 Å². The first-order valence-corrected chi connectivity index (χ1v) is 4.21. The zero-order valence-electron chi connectivity index (χ0n) is 6.10. The normalized spacial score (nSPS) is 19.6. The Bertz CT molecular complexity index is 119. The van der Waals surface area contributed by atoms with Gasteiger partial charge in [-0.1, -0.05) is 25.1 Å². The van der Waals surface area contributed by atoms with Crippen molar-refractivity contribution >= 4 is 17.2 Å². The predicted octanol–water partition coefficient (Wildman–Crippen LogP) is 0.805. The monoisotopic (exact) mass is 158 g/mol. The molecule has 1 aliphatic carbocycles. The molecule has 1 rings (SSSR count). The Morgan fingerprint density at radius 2 is 2.10 bits per heavy atom. The first-order valence-electron chi connectivity index (χ1n) is 3.81. The van der Waals surface area contributed by atoms with Crippen molar-refractivity contribution in [3.8, 4) is 0 Å². The Labute approximate surface area is 67.2 Å². The molecule has 1 aliphatic rings. The minimum atomic E-state index is 0.576. The van der Waals surface area contributed by atoms with Crippen LogP contribution in [0.3, 0.4) is 0 Å². The maximum Gasteiger partial charge on any atom is 0.0867 e. The van der Waals surface area contributed by atoms with Gasteiger partial charge in [0.05, 0.1) is 4.99 Å². The highest BCUT2D eigenvalue weighted by Crippen LogP contribution is 2.16. The lowest BCUT2D eigenvalue weighted by molar-refractivity contribution is 0.564. The molecule has 0 bridgehead atoms. The molecule has 2 nitrogen and oxygen atoms in total. The van der Waals surface area contributed by atoms with Crippen LogP contribution in [-0.2, 0) is 0 Å². The van der Waals surface area contributed by atoms with Crippen LogP contribution in [-0.4, -0.2) is 17.6 Å². The van der Waals surface area contributed by atoms with E-state index >= 15 is 0 Å². The van der Waals surface area contributed by atoms with Gasteiger partial charge in [0, 0.05) is 12.6 Å². The van der Waals surface area contributed by atoms with E-state index in [0.717, 1.165) is 0 Å². The maximum atomic E-state index is 5.34. The molecule has 1 saturated carbocycles. The van der Waals surface area contributed by atoms with Crippen molar-refractivity contribution in [2.24, 2.45) is 5.73 Å². The van der Waals surface area contributed by atoms with Gasteiger partial charge in [0.1, 0.15) is 0 Å². The van der Waals surface area contributed by atoms with Crippen LogP contribution in [0.15, 0.2) is 0 Å². The quantitative estimate of drug-likeness (QED) is 0.597. The molecule has 3 heteroatoms. The second-order valence-corrected chi connectivity index (χ2v) is 3.35. The zero-order valence-corrected chi connectivity index (χ0v) is 6.91. The number of hydrogen-bond acceptors (Lipinski definition) is 2. The third-order valence-corrected chi connectivity index (χ3v) is 2.06. The fraction of sp³-hybridized carbons (Fsp3) is 0.857. The third-order valence-electron chi connectivity index (χ3n) is 1.92. The Morgan fingerprint density at radius 1 is 1.50 bits per heavy atom. The molecule has 0 aliphatic heterocycles. The molecule has 0 atom stereocenters. The fourth-order valence-electron chi connectivity index (χ4n) is 1.37. The minimum Gasteiger partial charge on any atom is -0.392 e. The lowest BCUT2D eigenvalue weighted by atomic mass is 10.2. The summed E-state index contributed by atoms with van der Waals surface area (Å²) in [5.74, 6) is 0. The summed E-state index contributed by atoms with van der Waals surface area (Å²) in [5, 5.41) is 3.31. The maximum absolute atomic E-state index is 5.34. The van der Waals surface area contributed by atoms with Crippen molar-refractivity contribution in [2.75, 3.05) is 6.54 Å². The third kappa shape index (κ3) is 2.62. The van der Waals surface area contributed by atoms with Gasteiger partial charge in [-0.3, -0.25) is 0 Å². The molecule has 0 amide bonds. The molecule has 0 aromatic carbocycles. The van der Waals surface area contributed by atoms with Crippen LogP contribution >= 0.6 is 12.2 Å². The van der Waals surface area contributed by atoms with Gasteiger partial charge in [0.15, 0.2) is 0 Å². The van der Waals surface area contributed by atoms with Gasteiger partial charge in [-0.05, 0) is 12.8 Å². The molecule has 0 unspecified atom stereocenters. The van der Waals surface area contributed by atoms with Crippen LogP contribution in [0.1, 0.15) is 25.7 Å².